The molecule has 2 saturated carbocycles. The van der Waals surface area contributed by atoms with Gasteiger partial charge in [0.25, 0.3) is 0 Å². The monoisotopic (exact) mass is 261 g/mol. The van der Waals surface area contributed by atoms with Crippen LogP contribution in [0.5, 0.6) is 5.88 Å². The lowest BCUT2D eigenvalue weighted by Gasteiger charge is -2.35. The van der Waals surface area contributed by atoms with E-state index in [9.17, 15) is 0 Å². The van der Waals surface area contributed by atoms with Gasteiger partial charge in [0.2, 0.25) is 5.88 Å². The van der Waals surface area contributed by atoms with Crippen molar-refractivity contribution in [3.63, 3.8) is 0 Å². The minimum absolute atomic E-state index is 0.340. The average Bonchev–Trinajstić information content (AvgIpc) is 2.38. The van der Waals surface area contributed by atoms with Gasteiger partial charge in [0.15, 0.2) is 5.82 Å². The van der Waals surface area contributed by atoms with Crippen LogP contribution in [0.4, 0.5) is 5.82 Å². The molecule has 2 aliphatic rings. The Hall–Kier alpha value is -1.32. The SMILES string of the molecule is CN(c1cncc(OC2CCCCC2)n1)C1CCC1. The summed E-state index contributed by atoms with van der Waals surface area (Å²) >= 11 is 0. The van der Waals surface area contributed by atoms with Crippen LogP contribution < -0.4 is 9.64 Å². The second-order valence-corrected chi connectivity index (χ2v) is 5.79. The van der Waals surface area contributed by atoms with Crippen LogP contribution in [0, 0.1) is 0 Å². The van der Waals surface area contributed by atoms with Crippen LogP contribution >= 0.6 is 0 Å². The molecule has 0 N–H and O–H groups in total. The van der Waals surface area contributed by atoms with E-state index in [0.29, 0.717) is 18.0 Å². The molecule has 2 aliphatic carbocycles. The molecule has 4 nitrogen and oxygen atoms in total. The molecule has 0 aliphatic heterocycles. The maximum Gasteiger partial charge on any atom is 0.234 e. The van der Waals surface area contributed by atoms with Crippen LogP contribution in [0.15, 0.2) is 12.4 Å². The lowest BCUT2D eigenvalue weighted by atomic mass is 9.92. The van der Waals surface area contributed by atoms with Gasteiger partial charge in [-0.25, -0.2) is 0 Å². The first-order valence-corrected chi connectivity index (χ1v) is 7.54. The second kappa shape index (κ2) is 5.76. The Morgan fingerprint density at radius 2 is 1.84 bits per heavy atom. The van der Waals surface area contributed by atoms with Crippen LogP contribution in [-0.4, -0.2) is 29.2 Å². The molecular weight excluding hydrogens is 238 g/mol. The molecule has 1 aromatic heterocycles. The van der Waals surface area contributed by atoms with E-state index in [2.05, 4.69) is 21.9 Å². The minimum Gasteiger partial charge on any atom is -0.473 e. The number of rotatable bonds is 4. The zero-order valence-corrected chi connectivity index (χ0v) is 11.7. The van der Waals surface area contributed by atoms with Gasteiger partial charge in [-0.15, -0.1) is 0 Å². The highest BCUT2D eigenvalue weighted by Gasteiger charge is 2.23. The molecule has 4 heteroatoms. The summed E-state index contributed by atoms with van der Waals surface area (Å²) in [6.07, 6.45) is 14.0. The summed E-state index contributed by atoms with van der Waals surface area (Å²) in [6.45, 7) is 0. The van der Waals surface area contributed by atoms with E-state index in [-0.39, 0.29) is 0 Å². The highest BCUT2D eigenvalue weighted by atomic mass is 16.5. The summed E-state index contributed by atoms with van der Waals surface area (Å²) in [4.78, 5) is 11.1. The largest absolute Gasteiger partial charge is 0.473 e. The van der Waals surface area contributed by atoms with Gasteiger partial charge in [-0.2, -0.15) is 4.98 Å². The number of anilines is 1. The standard InChI is InChI=1S/C15H23N3O/c1-18(12-6-5-7-12)14-10-16-11-15(17-14)19-13-8-3-2-4-9-13/h10-13H,2-9H2,1H3. The van der Waals surface area contributed by atoms with Crippen molar-refractivity contribution >= 4 is 5.82 Å². The molecule has 1 aromatic rings. The van der Waals surface area contributed by atoms with Crippen LogP contribution in [0.25, 0.3) is 0 Å². The van der Waals surface area contributed by atoms with E-state index in [1.54, 1.807) is 6.20 Å². The number of nitrogens with zero attached hydrogens (tertiary/aromatic N) is 3. The Balaban J connectivity index is 1.64. The molecule has 104 valence electrons. The summed E-state index contributed by atoms with van der Waals surface area (Å²) in [6, 6.07) is 0.638. The number of hydrogen-bond acceptors (Lipinski definition) is 4. The average molecular weight is 261 g/mol. The summed E-state index contributed by atoms with van der Waals surface area (Å²) in [5, 5.41) is 0. The molecule has 0 radical (unpaired) electrons. The van der Waals surface area contributed by atoms with Gasteiger partial charge >= 0.3 is 0 Å². The van der Waals surface area contributed by atoms with E-state index < -0.39 is 0 Å². The van der Waals surface area contributed by atoms with Crippen LogP contribution in [-0.2, 0) is 0 Å². The molecule has 0 spiro atoms. The molecule has 0 atom stereocenters. The van der Waals surface area contributed by atoms with Crippen molar-refractivity contribution in [3.8, 4) is 5.88 Å². The van der Waals surface area contributed by atoms with Gasteiger partial charge in [0.1, 0.15) is 6.10 Å². The highest BCUT2D eigenvalue weighted by molar-refractivity contribution is 5.38. The lowest BCUT2D eigenvalue weighted by molar-refractivity contribution is 0.148. The van der Waals surface area contributed by atoms with Gasteiger partial charge in [-0.3, -0.25) is 4.98 Å². The van der Waals surface area contributed by atoms with Crippen molar-refractivity contribution in [1.29, 1.82) is 0 Å². The second-order valence-electron chi connectivity index (χ2n) is 5.79. The van der Waals surface area contributed by atoms with Crippen LogP contribution in [0.3, 0.4) is 0 Å². The van der Waals surface area contributed by atoms with E-state index in [0.717, 1.165) is 18.7 Å². The molecule has 0 aromatic carbocycles. The van der Waals surface area contributed by atoms with Gasteiger partial charge in [-0.05, 0) is 44.9 Å². The van der Waals surface area contributed by atoms with Crippen LogP contribution in [0.2, 0.25) is 0 Å². The first-order chi connectivity index (χ1) is 9.33. The summed E-state index contributed by atoms with van der Waals surface area (Å²) in [5.74, 6) is 1.63. The van der Waals surface area contributed by atoms with Crippen molar-refractivity contribution in [3.05, 3.63) is 12.4 Å². The number of hydrogen-bond donors (Lipinski definition) is 0. The van der Waals surface area contributed by atoms with E-state index >= 15 is 0 Å². The third-order valence-corrected chi connectivity index (χ3v) is 4.42. The molecule has 0 unspecified atom stereocenters. The van der Waals surface area contributed by atoms with E-state index in [1.165, 1.54) is 38.5 Å². The molecule has 0 saturated heterocycles. The smallest absolute Gasteiger partial charge is 0.234 e. The molecular formula is C15H23N3O. The first kappa shape index (κ1) is 12.7. The molecule has 3 rings (SSSR count). The Bertz CT molecular complexity index is 414. The quantitative estimate of drug-likeness (QED) is 0.834. The van der Waals surface area contributed by atoms with Gasteiger partial charge < -0.3 is 9.64 Å². The number of ether oxygens (including phenoxy) is 1. The van der Waals surface area contributed by atoms with Crippen molar-refractivity contribution < 1.29 is 4.74 Å². The summed E-state index contributed by atoms with van der Waals surface area (Å²) in [5.41, 5.74) is 0. The molecule has 19 heavy (non-hydrogen) atoms. The Kier molecular flexibility index (Phi) is 3.85. The van der Waals surface area contributed by atoms with Crippen LogP contribution in [0.1, 0.15) is 51.4 Å². The fraction of sp³-hybridized carbons (Fsp3) is 0.733. The van der Waals surface area contributed by atoms with Crippen molar-refractivity contribution in [2.24, 2.45) is 0 Å². The van der Waals surface area contributed by atoms with Gasteiger partial charge in [0.05, 0.1) is 12.4 Å². The zero-order valence-electron chi connectivity index (χ0n) is 11.7. The molecule has 0 bridgehead atoms. The Morgan fingerprint density at radius 1 is 1.05 bits per heavy atom. The van der Waals surface area contributed by atoms with Crippen molar-refractivity contribution in [2.75, 3.05) is 11.9 Å². The topological polar surface area (TPSA) is 38.2 Å². The summed E-state index contributed by atoms with van der Waals surface area (Å²) in [7, 11) is 2.11. The van der Waals surface area contributed by atoms with E-state index in [1.807, 2.05) is 6.20 Å². The van der Waals surface area contributed by atoms with Crippen molar-refractivity contribution in [1.82, 2.24) is 9.97 Å². The van der Waals surface area contributed by atoms with Gasteiger partial charge in [0, 0.05) is 13.1 Å². The molecule has 1 heterocycles. The summed E-state index contributed by atoms with van der Waals surface area (Å²) < 4.78 is 5.98. The minimum atomic E-state index is 0.340. The zero-order chi connectivity index (χ0) is 13.1. The lowest BCUT2D eigenvalue weighted by Crippen LogP contribution is -2.37. The predicted molar refractivity (Wildman–Crippen MR) is 75.6 cm³/mol. The van der Waals surface area contributed by atoms with E-state index in [4.69, 9.17) is 4.74 Å². The maximum absolute atomic E-state index is 5.98. The molecule has 0 amide bonds. The third-order valence-electron chi connectivity index (χ3n) is 4.42. The fourth-order valence-corrected chi connectivity index (χ4v) is 2.88. The normalized spacial score (nSPS) is 20.9. The third kappa shape index (κ3) is 2.99. The van der Waals surface area contributed by atoms with Crippen molar-refractivity contribution in [2.45, 2.75) is 63.5 Å². The van der Waals surface area contributed by atoms with Gasteiger partial charge in [-0.1, -0.05) is 6.42 Å². The fourth-order valence-electron chi connectivity index (χ4n) is 2.88. The first-order valence-electron chi connectivity index (χ1n) is 7.54. The highest BCUT2D eigenvalue weighted by Crippen LogP contribution is 2.28. The number of aromatic nitrogens is 2. The maximum atomic E-state index is 5.98. The predicted octanol–water partition coefficient (Wildman–Crippen LogP) is 3.18. The Labute approximate surface area is 115 Å². The Morgan fingerprint density at radius 3 is 2.53 bits per heavy atom. The molecule has 2 fully saturated rings.